The highest BCUT2D eigenvalue weighted by molar-refractivity contribution is 7.71. The molecular weight excluding hydrogens is 436 g/mol. The Morgan fingerprint density at radius 2 is 2.19 bits per heavy atom. The molecule has 0 aliphatic rings. The number of anilines is 1. The van der Waals surface area contributed by atoms with E-state index < -0.39 is 0 Å². The summed E-state index contributed by atoms with van der Waals surface area (Å²) >= 11 is 6.57. The third kappa shape index (κ3) is 5.16. The molecule has 12 heteroatoms. The van der Waals surface area contributed by atoms with Crippen LogP contribution in [0.3, 0.4) is 0 Å². The van der Waals surface area contributed by atoms with Crippen molar-refractivity contribution in [3.63, 3.8) is 0 Å². The zero-order valence-corrected chi connectivity index (χ0v) is 17.9. The fourth-order valence-corrected chi connectivity index (χ4v) is 3.74. The van der Waals surface area contributed by atoms with Gasteiger partial charge in [-0.2, -0.15) is 10.1 Å². The number of hydrogen-bond acceptors (Lipinski definition) is 9. The van der Waals surface area contributed by atoms with Crippen molar-refractivity contribution in [1.82, 2.24) is 34.9 Å². The van der Waals surface area contributed by atoms with Crippen LogP contribution in [0, 0.1) is 4.77 Å². The van der Waals surface area contributed by atoms with Crippen LogP contribution in [-0.4, -0.2) is 40.8 Å². The summed E-state index contributed by atoms with van der Waals surface area (Å²) in [7, 11) is 0. The molecule has 0 radical (unpaired) electrons. The number of allylic oxidation sites excluding steroid dienone is 1. The van der Waals surface area contributed by atoms with Gasteiger partial charge in [0, 0.05) is 42.7 Å². The summed E-state index contributed by atoms with van der Waals surface area (Å²) < 4.78 is 7.61. The molecule has 0 saturated carbocycles. The SMILES string of the molecule is C=CCn1c(Cc2csc(NC(=O)CCc3nc(-c4ccncc4)no3)n2)n[nH]c1=S. The summed E-state index contributed by atoms with van der Waals surface area (Å²) in [5.41, 5.74) is 1.60. The number of aromatic amines is 1. The zero-order valence-electron chi connectivity index (χ0n) is 16.3. The first-order chi connectivity index (χ1) is 15.1. The van der Waals surface area contributed by atoms with Crippen molar-refractivity contribution in [3.8, 4) is 11.4 Å². The third-order valence-corrected chi connectivity index (χ3v) is 5.38. The van der Waals surface area contributed by atoms with Gasteiger partial charge in [0.05, 0.1) is 12.1 Å². The van der Waals surface area contributed by atoms with Gasteiger partial charge in [-0.05, 0) is 24.4 Å². The second-order valence-electron chi connectivity index (χ2n) is 6.46. The van der Waals surface area contributed by atoms with Crippen LogP contribution in [0.1, 0.15) is 23.8 Å². The molecule has 2 N–H and O–H groups in total. The standard InChI is InChI=1S/C19H18N8O2S2/c1-2-9-27-14(24-25-19(27)30)10-13-11-31-18(21-13)22-15(28)3-4-16-23-17(26-29-16)12-5-7-20-8-6-12/h2,5-8,11H,1,3-4,9-10H2,(H,25,30)(H,21,22,28). The summed E-state index contributed by atoms with van der Waals surface area (Å²) in [5, 5.41) is 16.1. The molecule has 31 heavy (non-hydrogen) atoms. The number of rotatable bonds is 9. The molecule has 0 bridgehead atoms. The predicted molar refractivity (Wildman–Crippen MR) is 117 cm³/mol. The van der Waals surface area contributed by atoms with Gasteiger partial charge in [-0.25, -0.2) is 4.98 Å². The van der Waals surface area contributed by atoms with E-state index >= 15 is 0 Å². The van der Waals surface area contributed by atoms with Crippen molar-refractivity contribution in [3.05, 3.63) is 64.7 Å². The summed E-state index contributed by atoms with van der Waals surface area (Å²) in [6, 6.07) is 3.58. The number of carbonyl (C=O) groups excluding carboxylic acids is 1. The van der Waals surface area contributed by atoms with Crippen LogP contribution in [0.15, 0.2) is 47.1 Å². The Bertz CT molecular complexity index is 1240. The summed E-state index contributed by atoms with van der Waals surface area (Å²) in [6.07, 6.45) is 6.09. The van der Waals surface area contributed by atoms with Gasteiger partial charge in [0.2, 0.25) is 17.6 Å². The minimum atomic E-state index is -0.182. The average molecular weight is 455 g/mol. The number of aromatic nitrogens is 7. The Morgan fingerprint density at radius 3 is 3.00 bits per heavy atom. The second-order valence-corrected chi connectivity index (χ2v) is 7.71. The monoisotopic (exact) mass is 454 g/mol. The van der Waals surface area contributed by atoms with Crippen molar-refractivity contribution < 1.29 is 9.32 Å². The van der Waals surface area contributed by atoms with Crippen LogP contribution >= 0.6 is 23.6 Å². The lowest BCUT2D eigenvalue weighted by Crippen LogP contribution is -2.12. The number of amides is 1. The molecule has 4 heterocycles. The van der Waals surface area contributed by atoms with Gasteiger partial charge in [-0.15, -0.1) is 17.9 Å². The number of pyridine rings is 1. The first-order valence-electron chi connectivity index (χ1n) is 9.34. The van der Waals surface area contributed by atoms with Crippen LogP contribution in [0.4, 0.5) is 5.13 Å². The van der Waals surface area contributed by atoms with E-state index in [0.717, 1.165) is 17.1 Å². The lowest BCUT2D eigenvalue weighted by atomic mass is 10.2. The van der Waals surface area contributed by atoms with E-state index in [9.17, 15) is 4.79 Å². The topological polar surface area (TPSA) is 127 Å². The van der Waals surface area contributed by atoms with E-state index in [2.05, 4.69) is 42.2 Å². The first kappa shape index (κ1) is 20.8. The molecule has 0 spiro atoms. The largest absolute Gasteiger partial charge is 0.339 e. The normalized spacial score (nSPS) is 10.8. The number of nitrogens with one attached hydrogen (secondary N) is 2. The number of thiazole rings is 1. The number of carbonyl (C=O) groups is 1. The van der Waals surface area contributed by atoms with E-state index in [1.54, 1.807) is 30.6 Å². The van der Waals surface area contributed by atoms with Crippen molar-refractivity contribution in [1.29, 1.82) is 0 Å². The molecule has 0 atom stereocenters. The lowest BCUT2D eigenvalue weighted by Gasteiger charge is -2.02. The van der Waals surface area contributed by atoms with Gasteiger partial charge in [0.1, 0.15) is 5.82 Å². The Hall–Kier alpha value is -3.51. The van der Waals surface area contributed by atoms with Crippen molar-refractivity contribution in [2.24, 2.45) is 0 Å². The molecule has 0 saturated heterocycles. The van der Waals surface area contributed by atoms with Crippen molar-refractivity contribution in [2.45, 2.75) is 25.8 Å². The maximum Gasteiger partial charge on any atom is 0.227 e. The highest BCUT2D eigenvalue weighted by Gasteiger charge is 2.13. The zero-order chi connectivity index (χ0) is 21.6. The van der Waals surface area contributed by atoms with Crippen molar-refractivity contribution >= 4 is 34.6 Å². The molecule has 1 amide bonds. The van der Waals surface area contributed by atoms with Crippen LogP contribution in [-0.2, 0) is 24.2 Å². The highest BCUT2D eigenvalue weighted by atomic mass is 32.1. The quantitative estimate of drug-likeness (QED) is 0.292. The second kappa shape index (κ2) is 9.53. The van der Waals surface area contributed by atoms with Crippen LogP contribution < -0.4 is 5.32 Å². The first-order valence-corrected chi connectivity index (χ1v) is 10.6. The Balaban J connectivity index is 1.31. The van der Waals surface area contributed by atoms with Crippen LogP contribution in [0.2, 0.25) is 0 Å². The molecular formula is C19H18N8O2S2. The van der Waals surface area contributed by atoms with E-state index in [-0.39, 0.29) is 12.3 Å². The number of aryl methyl sites for hydroxylation is 1. The molecule has 0 aliphatic carbocycles. The average Bonchev–Trinajstić information content (AvgIpc) is 3.50. The smallest absolute Gasteiger partial charge is 0.227 e. The third-order valence-electron chi connectivity index (χ3n) is 4.26. The van der Waals surface area contributed by atoms with Gasteiger partial charge in [-0.3, -0.25) is 19.4 Å². The fraction of sp³-hybridized carbons (Fsp3) is 0.211. The summed E-state index contributed by atoms with van der Waals surface area (Å²) in [6.45, 7) is 4.30. The lowest BCUT2D eigenvalue weighted by molar-refractivity contribution is -0.116. The maximum absolute atomic E-state index is 12.3. The van der Waals surface area contributed by atoms with E-state index in [1.165, 1.54) is 11.3 Å². The summed E-state index contributed by atoms with van der Waals surface area (Å²) in [5.74, 6) is 1.44. The predicted octanol–water partition coefficient (Wildman–Crippen LogP) is 3.19. The Morgan fingerprint density at radius 1 is 1.35 bits per heavy atom. The molecule has 4 aromatic rings. The minimum absolute atomic E-state index is 0.182. The molecule has 0 aliphatic heterocycles. The Labute approximate surface area is 186 Å². The highest BCUT2D eigenvalue weighted by Crippen LogP contribution is 2.19. The minimum Gasteiger partial charge on any atom is -0.339 e. The van der Waals surface area contributed by atoms with E-state index in [4.69, 9.17) is 16.7 Å². The maximum atomic E-state index is 12.3. The van der Waals surface area contributed by atoms with Gasteiger partial charge < -0.3 is 9.84 Å². The van der Waals surface area contributed by atoms with Gasteiger partial charge in [0.25, 0.3) is 0 Å². The van der Waals surface area contributed by atoms with Gasteiger partial charge in [-0.1, -0.05) is 11.2 Å². The molecule has 4 rings (SSSR count). The Kier molecular flexibility index (Phi) is 6.38. The number of hydrogen-bond donors (Lipinski definition) is 2. The van der Waals surface area contributed by atoms with Gasteiger partial charge >= 0.3 is 0 Å². The fourth-order valence-electron chi connectivity index (χ4n) is 2.79. The summed E-state index contributed by atoms with van der Waals surface area (Å²) in [4.78, 5) is 25.0. The molecule has 4 aromatic heterocycles. The molecule has 0 unspecified atom stereocenters. The molecule has 10 nitrogen and oxygen atoms in total. The number of nitrogens with zero attached hydrogens (tertiary/aromatic N) is 6. The van der Waals surface area contributed by atoms with E-state index in [0.29, 0.717) is 41.0 Å². The van der Waals surface area contributed by atoms with Crippen LogP contribution in [0.5, 0.6) is 0 Å². The van der Waals surface area contributed by atoms with Gasteiger partial charge in [0.15, 0.2) is 9.90 Å². The molecule has 0 aromatic carbocycles. The van der Waals surface area contributed by atoms with E-state index in [1.807, 2.05) is 9.95 Å². The van der Waals surface area contributed by atoms with Crippen LogP contribution in [0.25, 0.3) is 11.4 Å². The molecule has 158 valence electrons. The van der Waals surface area contributed by atoms with Crippen molar-refractivity contribution in [2.75, 3.05) is 5.32 Å². The molecule has 0 fully saturated rings. The number of H-pyrrole nitrogens is 1.